The molecule has 0 radical (unpaired) electrons. The molecule has 1 heterocycles. The second kappa shape index (κ2) is 3.25. The van der Waals surface area contributed by atoms with Crippen molar-refractivity contribution in [2.75, 3.05) is 0 Å². The summed E-state index contributed by atoms with van der Waals surface area (Å²) in [5, 5.41) is 0.648. The highest BCUT2D eigenvalue weighted by Crippen LogP contribution is 2.28. The summed E-state index contributed by atoms with van der Waals surface area (Å²) >= 11 is 0. The second-order valence-electron chi connectivity index (χ2n) is 3.16. The first-order valence-electron chi connectivity index (χ1n) is 4.21. The Morgan fingerprint density at radius 1 is 1.40 bits per heavy atom. The SMILES string of the molecule is Cc1c[nH]c2cccc(OS(=O)(=O)O)c12. The fourth-order valence-corrected chi connectivity index (χ4v) is 1.87. The summed E-state index contributed by atoms with van der Waals surface area (Å²) in [6, 6.07) is 4.91. The molecule has 0 aliphatic heterocycles. The van der Waals surface area contributed by atoms with E-state index in [2.05, 4.69) is 9.17 Å². The van der Waals surface area contributed by atoms with Gasteiger partial charge in [-0.3, -0.25) is 4.55 Å². The first kappa shape index (κ1) is 10.0. The highest BCUT2D eigenvalue weighted by Gasteiger charge is 2.12. The number of hydrogen-bond donors (Lipinski definition) is 2. The Morgan fingerprint density at radius 3 is 2.80 bits per heavy atom. The second-order valence-corrected chi connectivity index (χ2v) is 4.18. The molecule has 0 bridgehead atoms. The zero-order chi connectivity index (χ0) is 11.1. The number of hydrogen-bond acceptors (Lipinski definition) is 3. The summed E-state index contributed by atoms with van der Waals surface area (Å²) in [5.41, 5.74) is 1.61. The molecule has 0 aliphatic carbocycles. The minimum atomic E-state index is -4.48. The number of aromatic nitrogens is 1. The van der Waals surface area contributed by atoms with Crippen molar-refractivity contribution in [1.82, 2.24) is 4.98 Å². The maximum Gasteiger partial charge on any atom is 0.446 e. The third kappa shape index (κ3) is 1.95. The zero-order valence-electron chi connectivity index (χ0n) is 7.89. The predicted octanol–water partition coefficient (Wildman–Crippen LogP) is 1.66. The van der Waals surface area contributed by atoms with E-state index in [4.69, 9.17) is 4.55 Å². The van der Waals surface area contributed by atoms with Gasteiger partial charge in [0.05, 0.1) is 0 Å². The molecule has 0 unspecified atom stereocenters. The molecule has 0 aliphatic rings. The minimum Gasteiger partial charge on any atom is -0.361 e. The van der Waals surface area contributed by atoms with Crippen molar-refractivity contribution in [1.29, 1.82) is 0 Å². The smallest absolute Gasteiger partial charge is 0.361 e. The number of aryl methyl sites for hydroxylation is 1. The van der Waals surface area contributed by atoms with E-state index < -0.39 is 10.4 Å². The van der Waals surface area contributed by atoms with E-state index in [0.29, 0.717) is 5.39 Å². The Morgan fingerprint density at radius 2 is 2.13 bits per heavy atom. The van der Waals surface area contributed by atoms with Crippen LogP contribution in [0.4, 0.5) is 0 Å². The first-order valence-corrected chi connectivity index (χ1v) is 5.57. The lowest BCUT2D eigenvalue weighted by atomic mass is 10.2. The van der Waals surface area contributed by atoms with E-state index in [9.17, 15) is 8.42 Å². The van der Waals surface area contributed by atoms with Gasteiger partial charge in [0.2, 0.25) is 0 Å². The zero-order valence-corrected chi connectivity index (χ0v) is 8.71. The van der Waals surface area contributed by atoms with Gasteiger partial charge in [0.1, 0.15) is 0 Å². The first-order chi connectivity index (χ1) is 6.97. The Kier molecular flexibility index (Phi) is 2.17. The Bertz CT molecular complexity index is 600. The number of benzene rings is 1. The molecule has 15 heavy (non-hydrogen) atoms. The molecule has 0 amide bonds. The normalized spacial score (nSPS) is 11.9. The topological polar surface area (TPSA) is 79.4 Å². The van der Waals surface area contributed by atoms with Gasteiger partial charge in [0, 0.05) is 17.1 Å². The van der Waals surface area contributed by atoms with Gasteiger partial charge in [-0.05, 0) is 24.6 Å². The van der Waals surface area contributed by atoms with Gasteiger partial charge in [0.25, 0.3) is 0 Å². The van der Waals surface area contributed by atoms with Gasteiger partial charge < -0.3 is 9.17 Å². The fraction of sp³-hybridized carbons (Fsp3) is 0.111. The van der Waals surface area contributed by atoms with Crippen LogP contribution in [0.5, 0.6) is 5.75 Å². The summed E-state index contributed by atoms with van der Waals surface area (Å²) in [6.45, 7) is 1.82. The average molecular weight is 227 g/mol. The van der Waals surface area contributed by atoms with Gasteiger partial charge in [-0.2, -0.15) is 8.42 Å². The van der Waals surface area contributed by atoms with E-state index in [-0.39, 0.29) is 5.75 Å². The highest BCUT2D eigenvalue weighted by molar-refractivity contribution is 7.81. The third-order valence-corrected chi connectivity index (χ3v) is 2.45. The van der Waals surface area contributed by atoms with Crippen LogP contribution in [0.3, 0.4) is 0 Å². The van der Waals surface area contributed by atoms with Crippen LogP contribution in [-0.2, 0) is 10.4 Å². The lowest BCUT2D eigenvalue weighted by Crippen LogP contribution is -2.06. The Hall–Kier alpha value is -1.53. The molecular weight excluding hydrogens is 218 g/mol. The fourth-order valence-electron chi connectivity index (χ4n) is 1.50. The third-order valence-electron chi connectivity index (χ3n) is 2.06. The summed E-state index contributed by atoms with van der Waals surface area (Å²) < 4.78 is 34.3. The molecule has 6 heteroatoms. The molecule has 0 saturated heterocycles. The molecular formula is C9H9NO4S. The van der Waals surface area contributed by atoms with Gasteiger partial charge in [-0.1, -0.05) is 6.07 Å². The summed E-state index contributed by atoms with van der Waals surface area (Å²) in [5.74, 6) is 0.119. The molecule has 5 nitrogen and oxygen atoms in total. The summed E-state index contributed by atoms with van der Waals surface area (Å²) in [6.07, 6.45) is 1.74. The van der Waals surface area contributed by atoms with Gasteiger partial charge >= 0.3 is 10.4 Å². The van der Waals surface area contributed by atoms with Crippen LogP contribution < -0.4 is 4.18 Å². The number of nitrogens with one attached hydrogen (secondary N) is 1. The Balaban J connectivity index is 2.65. The van der Waals surface area contributed by atoms with Crippen molar-refractivity contribution in [3.8, 4) is 5.75 Å². The van der Waals surface area contributed by atoms with Crippen LogP contribution in [0.1, 0.15) is 5.56 Å². The van der Waals surface area contributed by atoms with Crippen LogP contribution in [0.25, 0.3) is 10.9 Å². The van der Waals surface area contributed by atoms with Crippen LogP contribution in [-0.4, -0.2) is 18.0 Å². The van der Waals surface area contributed by atoms with E-state index >= 15 is 0 Å². The molecule has 2 rings (SSSR count). The van der Waals surface area contributed by atoms with E-state index in [0.717, 1.165) is 11.1 Å². The van der Waals surface area contributed by atoms with E-state index in [1.807, 2.05) is 6.92 Å². The van der Waals surface area contributed by atoms with Crippen molar-refractivity contribution >= 4 is 21.3 Å². The number of aromatic amines is 1. The predicted molar refractivity (Wildman–Crippen MR) is 55.2 cm³/mol. The quantitative estimate of drug-likeness (QED) is 0.764. The van der Waals surface area contributed by atoms with Crippen LogP contribution >= 0.6 is 0 Å². The molecule has 2 N–H and O–H groups in total. The largest absolute Gasteiger partial charge is 0.446 e. The van der Waals surface area contributed by atoms with Crippen molar-refractivity contribution in [2.24, 2.45) is 0 Å². The highest BCUT2D eigenvalue weighted by atomic mass is 32.3. The Labute approximate surface area is 86.6 Å². The van der Waals surface area contributed by atoms with Gasteiger partial charge in [0.15, 0.2) is 5.75 Å². The summed E-state index contributed by atoms with van der Waals surface area (Å²) in [4.78, 5) is 2.96. The maximum absolute atomic E-state index is 10.6. The monoisotopic (exact) mass is 227 g/mol. The molecule has 80 valence electrons. The number of H-pyrrole nitrogens is 1. The van der Waals surface area contributed by atoms with Crippen LogP contribution in [0.2, 0.25) is 0 Å². The molecule has 0 atom stereocenters. The molecule has 1 aromatic heterocycles. The molecule has 1 aromatic carbocycles. The van der Waals surface area contributed by atoms with Crippen molar-refractivity contribution in [2.45, 2.75) is 6.92 Å². The van der Waals surface area contributed by atoms with Crippen molar-refractivity contribution < 1.29 is 17.2 Å². The van der Waals surface area contributed by atoms with Gasteiger partial charge in [-0.15, -0.1) is 0 Å². The van der Waals surface area contributed by atoms with E-state index in [1.165, 1.54) is 6.07 Å². The average Bonchev–Trinajstić information content (AvgIpc) is 2.46. The maximum atomic E-state index is 10.6. The molecule has 2 aromatic rings. The number of rotatable bonds is 2. The minimum absolute atomic E-state index is 0.119. The standard InChI is InChI=1S/C9H9NO4S/c1-6-5-10-7-3-2-4-8(9(6)7)14-15(11,12)13/h2-5,10H,1H3,(H,11,12,13). The molecule has 0 fully saturated rings. The van der Waals surface area contributed by atoms with E-state index in [1.54, 1.807) is 18.3 Å². The van der Waals surface area contributed by atoms with Crippen molar-refractivity contribution in [3.63, 3.8) is 0 Å². The lowest BCUT2D eigenvalue weighted by molar-refractivity contribution is 0.388. The summed E-state index contributed by atoms with van der Waals surface area (Å²) in [7, 11) is -4.48. The van der Waals surface area contributed by atoms with Crippen LogP contribution in [0.15, 0.2) is 24.4 Å². The molecule has 0 spiro atoms. The molecule has 0 saturated carbocycles. The van der Waals surface area contributed by atoms with Crippen LogP contribution in [0, 0.1) is 6.92 Å². The van der Waals surface area contributed by atoms with Crippen molar-refractivity contribution in [3.05, 3.63) is 30.0 Å². The van der Waals surface area contributed by atoms with Gasteiger partial charge in [-0.25, -0.2) is 0 Å². The lowest BCUT2D eigenvalue weighted by Gasteiger charge is -2.03. The number of fused-ring (bicyclic) bond motifs is 1.